The van der Waals surface area contributed by atoms with Gasteiger partial charge in [-0.05, 0) is 19.3 Å². The molecule has 154 valence electrons. The molecule has 1 aliphatic rings. The van der Waals surface area contributed by atoms with E-state index in [0.717, 1.165) is 19.3 Å². The number of ether oxygens (including phenoxy) is 4. The second-order valence-corrected chi connectivity index (χ2v) is 6.53. The molecule has 0 spiro atoms. The maximum atomic E-state index is 14.2. The van der Waals surface area contributed by atoms with Gasteiger partial charge in [0.2, 0.25) is 5.75 Å². The van der Waals surface area contributed by atoms with E-state index >= 15 is 0 Å². The fraction of sp³-hybridized carbons (Fsp3) is 0.421. The predicted molar refractivity (Wildman–Crippen MR) is 104 cm³/mol. The van der Waals surface area contributed by atoms with Crippen molar-refractivity contribution in [1.82, 2.24) is 19.5 Å². The van der Waals surface area contributed by atoms with E-state index in [1.807, 2.05) is 0 Å². The topological polar surface area (TPSA) is 92.6 Å². The molecule has 1 aliphatic heterocycles. The fourth-order valence-electron chi connectivity index (χ4n) is 3.42. The summed E-state index contributed by atoms with van der Waals surface area (Å²) < 4.78 is 37.8. The second kappa shape index (κ2) is 8.08. The van der Waals surface area contributed by atoms with Gasteiger partial charge >= 0.3 is 6.08 Å². The number of benzene rings is 1. The van der Waals surface area contributed by atoms with Crippen LogP contribution in [0, 0.1) is 6.08 Å². The number of anilines is 2. The van der Waals surface area contributed by atoms with Crippen molar-refractivity contribution >= 4 is 22.7 Å². The number of halogens is 1. The number of nitrogens with zero attached hydrogens (tertiary/aromatic N) is 4. The average Bonchev–Trinajstić information content (AvgIpc) is 3.17. The van der Waals surface area contributed by atoms with Crippen molar-refractivity contribution in [3.63, 3.8) is 0 Å². The maximum Gasteiger partial charge on any atom is 0.312 e. The van der Waals surface area contributed by atoms with Gasteiger partial charge in [-0.2, -0.15) is 14.4 Å². The molecule has 1 N–H and O–H groups in total. The Labute approximate surface area is 166 Å². The molecule has 1 fully saturated rings. The zero-order valence-corrected chi connectivity index (χ0v) is 16.4. The van der Waals surface area contributed by atoms with Gasteiger partial charge < -0.3 is 24.3 Å². The lowest BCUT2D eigenvalue weighted by Crippen LogP contribution is -2.18. The molecule has 10 heteroatoms. The van der Waals surface area contributed by atoms with Gasteiger partial charge in [-0.15, -0.1) is 0 Å². The Balaban J connectivity index is 1.74. The fourth-order valence-corrected chi connectivity index (χ4v) is 3.42. The first kappa shape index (κ1) is 19.2. The molecule has 0 amide bonds. The van der Waals surface area contributed by atoms with Crippen LogP contribution in [0.25, 0.3) is 11.2 Å². The van der Waals surface area contributed by atoms with Gasteiger partial charge in [0.05, 0.1) is 27.7 Å². The number of hydrogen-bond acceptors (Lipinski definition) is 8. The molecule has 29 heavy (non-hydrogen) atoms. The number of imidazole rings is 1. The summed E-state index contributed by atoms with van der Waals surface area (Å²) in [5.74, 6) is 1.61. The van der Waals surface area contributed by atoms with Crippen LogP contribution in [0.2, 0.25) is 0 Å². The van der Waals surface area contributed by atoms with E-state index in [4.69, 9.17) is 18.9 Å². The van der Waals surface area contributed by atoms with Crippen molar-refractivity contribution in [2.75, 3.05) is 33.3 Å². The van der Waals surface area contributed by atoms with Crippen molar-refractivity contribution in [3.8, 4) is 17.2 Å². The minimum Gasteiger partial charge on any atom is -0.493 e. The molecule has 1 atom stereocenters. The molecule has 0 radical (unpaired) electrons. The van der Waals surface area contributed by atoms with Crippen molar-refractivity contribution in [3.05, 3.63) is 24.5 Å². The van der Waals surface area contributed by atoms with E-state index < -0.39 is 6.08 Å². The highest BCUT2D eigenvalue weighted by atomic mass is 19.1. The first-order valence-corrected chi connectivity index (χ1v) is 9.23. The third-order valence-electron chi connectivity index (χ3n) is 4.79. The molecule has 1 aromatic carbocycles. The molecule has 4 rings (SSSR count). The molecule has 0 bridgehead atoms. The van der Waals surface area contributed by atoms with Gasteiger partial charge in [0.1, 0.15) is 6.23 Å². The summed E-state index contributed by atoms with van der Waals surface area (Å²) in [5.41, 5.74) is 1.39. The highest BCUT2D eigenvalue weighted by Gasteiger charge is 2.22. The van der Waals surface area contributed by atoms with Gasteiger partial charge in [-0.25, -0.2) is 4.98 Å². The van der Waals surface area contributed by atoms with Crippen LogP contribution in [0.15, 0.2) is 18.5 Å². The summed E-state index contributed by atoms with van der Waals surface area (Å²) in [6, 6.07) is 3.41. The van der Waals surface area contributed by atoms with E-state index in [9.17, 15) is 4.39 Å². The Morgan fingerprint density at radius 1 is 1.10 bits per heavy atom. The van der Waals surface area contributed by atoms with Gasteiger partial charge in [0.15, 0.2) is 28.5 Å². The van der Waals surface area contributed by atoms with E-state index in [-0.39, 0.29) is 12.0 Å². The molecule has 3 aromatic rings. The molecule has 0 saturated carbocycles. The summed E-state index contributed by atoms with van der Waals surface area (Å²) in [6.45, 7) is 0.661. The molecular weight excluding hydrogens is 381 g/mol. The quantitative estimate of drug-likeness (QED) is 0.626. The number of rotatable bonds is 6. The van der Waals surface area contributed by atoms with Crippen LogP contribution in [0.3, 0.4) is 0 Å². The number of aromatic nitrogens is 4. The molecule has 0 aliphatic carbocycles. The highest BCUT2D eigenvalue weighted by molar-refractivity contribution is 5.85. The summed E-state index contributed by atoms with van der Waals surface area (Å²) in [5, 5.41) is 3.08. The van der Waals surface area contributed by atoms with E-state index in [0.29, 0.717) is 40.7 Å². The van der Waals surface area contributed by atoms with Crippen LogP contribution in [-0.2, 0) is 4.74 Å². The van der Waals surface area contributed by atoms with Crippen LogP contribution in [-0.4, -0.2) is 47.5 Å². The largest absolute Gasteiger partial charge is 0.493 e. The lowest BCUT2D eigenvalue weighted by Gasteiger charge is -2.23. The first-order valence-electron chi connectivity index (χ1n) is 9.23. The molecule has 9 nitrogen and oxygen atoms in total. The monoisotopic (exact) mass is 403 g/mol. The number of fused-ring (bicyclic) bond motifs is 1. The molecule has 1 saturated heterocycles. The van der Waals surface area contributed by atoms with Gasteiger partial charge in [-0.1, -0.05) is 0 Å². The maximum absolute atomic E-state index is 14.2. The lowest BCUT2D eigenvalue weighted by atomic mass is 10.2. The summed E-state index contributed by atoms with van der Waals surface area (Å²) in [6.07, 6.45) is 3.42. The third-order valence-corrected chi connectivity index (χ3v) is 4.79. The number of hydrogen-bond donors (Lipinski definition) is 1. The highest BCUT2D eigenvalue weighted by Crippen LogP contribution is 2.41. The minimum atomic E-state index is -0.856. The minimum absolute atomic E-state index is 0.211. The SMILES string of the molecule is COc1cc(Nc2nc(F)nc3c2ncn3C2CCCCO2)cc(OC)c1OC. The smallest absolute Gasteiger partial charge is 0.312 e. The van der Waals surface area contributed by atoms with Crippen LogP contribution in [0.5, 0.6) is 17.2 Å². The van der Waals surface area contributed by atoms with Crippen LogP contribution < -0.4 is 19.5 Å². The van der Waals surface area contributed by atoms with Crippen LogP contribution >= 0.6 is 0 Å². The van der Waals surface area contributed by atoms with Crippen molar-refractivity contribution in [1.29, 1.82) is 0 Å². The third kappa shape index (κ3) is 3.63. The normalized spacial score (nSPS) is 16.6. The Bertz CT molecular complexity index is 994. The Kier molecular flexibility index (Phi) is 5.34. The van der Waals surface area contributed by atoms with E-state index in [2.05, 4.69) is 20.3 Å². The summed E-state index contributed by atoms with van der Waals surface area (Å²) in [4.78, 5) is 12.2. The zero-order valence-electron chi connectivity index (χ0n) is 16.4. The average molecular weight is 403 g/mol. The molecular formula is C19H22FN5O4. The zero-order chi connectivity index (χ0) is 20.4. The predicted octanol–water partition coefficient (Wildman–Crippen LogP) is 3.43. The van der Waals surface area contributed by atoms with Gasteiger partial charge in [0.25, 0.3) is 0 Å². The van der Waals surface area contributed by atoms with Crippen LogP contribution in [0.1, 0.15) is 25.5 Å². The van der Waals surface area contributed by atoms with E-state index in [1.165, 1.54) is 21.3 Å². The van der Waals surface area contributed by atoms with Crippen molar-refractivity contribution in [2.24, 2.45) is 0 Å². The molecule has 3 heterocycles. The van der Waals surface area contributed by atoms with E-state index in [1.54, 1.807) is 23.0 Å². The van der Waals surface area contributed by atoms with Crippen molar-refractivity contribution < 1.29 is 23.3 Å². The molecule has 2 aromatic heterocycles. The number of nitrogens with one attached hydrogen (secondary N) is 1. The second-order valence-electron chi connectivity index (χ2n) is 6.53. The van der Waals surface area contributed by atoms with Crippen molar-refractivity contribution in [2.45, 2.75) is 25.5 Å². The van der Waals surface area contributed by atoms with Gasteiger partial charge in [-0.3, -0.25) is 4.57 Å². The first-order chi connectivity index (χ1) is 14.1. The molecule has 1 unspecified atom stereocenters. The van der Waals surface area contributed by atoms with Gasteiger partial charge in [0, 0.05) is 24.4 Å². The van der Waals surface area contributed by atoms with Crippen LogP contribution in [0.4, 0.5) is 15.9 Å². The Morgan fingerprint density at radius 2 is 1.86 bits per heavy atom. The Hall–Kier alpha value is -3.14. The number of methoxy groups -OCH3 is 3. The Morgan fingerprint density at radius 3 is 2.48 bits per heavy atom. The standard InChI is InChI=1S/C19H22FN5O4/c1-26-12-8-11(9-13(27-2)16(12)28-3)22-17-15-18(24-19(20)23-17)25(10-21-15)14-6-4-5-7-29-14/h8-10,14H,4-7H2,1-3H3,(H,22,23,24). The lowest BCUT2D eigenvalue weighted by molar-refractivity contribution is -0.0298. The summed E-state index contributed by atoms with van der Waals surface area (Å²) >= 11 is 0. The summed E-state index contributed by atoms with van der Waals surface area (Å²) in [7, 11) is 4.57.